The molecule has 0 unspecified atom stereocenters. The molecule has 0 spiro atoms. The molecule has 0 aliphatic heterocycles. The Kier molecular flexibility index (Phi) is 4.65. The minimum absolute atomic E-state index is 0.278. The van der Waals surface area contributed by atoms with Gasteiger partial charge >= 0.3 is 11.8 Å². The number of nitrogens with two attached hydrogens (primary N) is 1. The van der Waals surface area contributed by atoms with Crippen LogP contribution < -0.4 is 16.4 Å². The van der Waals surface area contributed by atoms with Crippen molar-refractivity contribution in [2.45, 2.75) is 13.3 Å². The van der Waals surface area contributed by atoms with E-state index in [0.717, 1.165) is 5.69 Å². The van der Waals surface area contributed by atoms with Crippen molar-refractivity contribution in [2.24, 2.45) is 12.8 Å². The predicted octanol–water partition coefficient (Wildman–Crippen LogP) is -1.00. The van der Waals surface area contributed by atoms with Crippen LogP contribution in [0.2, 0.25) is 0 Å². The van der Waals surface area contributed by atoms with E-state index >= 15 is 0 Å². The topological polar surface area (TPSA) is 102 Å². The van der Waals surface area contributed by atoms with Crippen LogP contribution in [-0.4, -0.2) is 34.7 Å². The zero-order chi connectivity index (χ0) is 12.8. The van der Waals surface area contributed by atoms with E-state index < -0.39 is 11.8 Å². The summed E-state index contributed by atoms with van der Waals surface area (Å²) in [5.41, 5.74) is 6.52. The molecule has 0 bridgehead atoms. The Hall–Kier alpha value is -1.89. The van der Waals surface area contributed by atoms with E-state index in [-0.39, 0.29) is 6.54 Å². The number of hydrogen-bond acceptors (Lipinski definition) is 4. The summed E-state index contributed by atoms with van der Waals surface area (Å²) in [6.07, 6.45) is 2.34. The minimum Gasteiger partial charge on any atom is -0.347 e. The maximum Gasteiger partial charge on any atom is 0.313 e. The number of nitrogens with zero attached hydrogens (tertiary/aromatic N) is 2. The number of rotatable bonds is 4. The zero-order valence-electron chi connectivity index (χ0n) is 9.99. The van der Waals surface area contributed by atoms with Gasteiger partial charge in [-0.25, -0.2) is 0 Å². The molecule has 0 aromatic carbocycles. The highest BCUT2D eigenvalue weighted by molar-refractivity contribution is 6.39. The summed E-state index contributed by atoms with van der Waals surface area (Å²) in [7, 11) is 1.75. The molecular weight excluding hydrogens is 222 g/mol. The van der Waals surface area contributed by atoms with Crippen molar-refractivity contribution in [3.8, 4) is 0 Å². The van der Waals surface area contributed by atoms with E-state index in [4.69, 9.17) is 5.73 Å². The fourth-order valence-corrected chi connectivity index (χ4v) is 1.35. The predicted molar refractivity (Wildman–Crippen MR) is 63.3 cm³/mol. The zero-order valence-corrected chi connectivity index (χ0v) is 9.99. The first kappa shape index (κ1) is 13.2. The molecule has 7 heteroatoms. The van der Waals surface area contributed by atoms with Crippen LogP contribution in [0.3, 0.4) is 0 Å². The van der Waals surface area contributed by atoms with Crippen LogP contribution in [0, 0.1) is 0 Å². The van der Waals surface area contributed by atoms with E-state index in [1.165, 1.54) is 0 Å². The van der Waals surface area contributed by atoms with Gasteiger partial charge < -0.3 is 16.4 Å². The molecule has 0 saturated heterocycles. The first-order chi connectivity index (χ1) is 8.08. The van der Waals surface area contributed by atoms with Crippen LogP contribution in [0.5, 0.6) is 0 Å². The number of carbonyl (C=O) groups is 2. The van der Waals surface area contributed by atoms with Gasteiger partial charge in [0.05, 0.1) is 11.4 Å². The van der Waals surface area contributed by atoms with E-state index in [9.17, 15) is 9.59 Å². The Balaban J connectivity index is 2.64. The lowest BCUT2D eigenvalue weighted by atomic mass is 10.3. The largest absolute Gasteiger partial charge is 0.347 e. The van der Waals surface area contributed by atoms with Gasteiger partial charge in [-0.05, 0) is 6.42 Å². The monoisotopic (exact) mass is 239 g/mol. The van der Waals surface area contributed by atoms with Crippen LogP contribution in [0.15, 0.2) is 6.20 Å². The lowest BCUT2D eigenvalue weighted by Gasteiger charge is -2.04. The third kappa shape index (κ3) is 3.56. The van der Waals surface area contributed by atoms with Crippen LogP contribution in [0.1, 0.15) is 12.6 Å². The SMILES string of the molecule is CCc1nn(C)cc1NC(=O)C(=O)NCCN. The van der Waals surface area contributed by atoms with Gasteiger partial charge in [-0.15, -0.1) is 0 Å². The molecule has 7 nitrogen and oxygen atoms in total. The fourth-order valence-electron chi connectivity index (χ4n) is 1.35. The van der Waals surface area contributed by atoms with Crippen molar-refractivity contribution < 1.29 is 9.59 Å². The smallest absolute Gasteiger partial charge is 0.313 e. The molecule has 1 rings (SSSR count). The summed E-state index contributed by atoms with van der Waals surface area (Å²) >= 11 is 0. The number of hydrogen-bond donors (Lipinski definition) is 3. The number of nitrogens with one attached hydrogen (secondary N) is 2. The quantitative estimate of drug-likeness (QED) is 0.586. The maximum absolute atomic E-state index is 11.5. The van der Waals surface area contributed by atoms with E-state index in [1.54, 1.807) is 17.9 Å². The molecule has 17 heavy (non-hydrogen) atoms. The highest BCUT2D eigenvalue weighted by atomic mass is 16.2. The molecule has 0 fully saturated rings. The summed E-state index contributed by atoms with van der Waals surface area (Å²) in [5, 5.41) is 9.06. The molecule has 4 N–H and O–H groups in total. The normalized spacial score (nSPS) is 10.1. The average Bonchev–Trinajstić information content (AvgIpc) is 2.66. The van der Waals surface area contributed by atoms with Crippen molar-refractivity contribution in [3.63, 3.8) is 0 Å². The summed E-state index contributed by atoms with van der Waals surface area (Å²) in [6, 6.07) is 0. The first-order valence-electron chi connectivity index (χ1n) is 5.40. The van der Waals surface area contributed by atoms with E-state index in [0.29, 0.717) is 18.7 Å². The van der Waals surface area contributed by atoms with E-state index in [2.05, 4.69) is 15.7 Å². The Bertz CT molecular complexity index is 413. The molecule has 0 saturated carbocycles. The summed E-state index contributed by atoms with van der Waals surface area (Å²) in [5.74, 6) is -1.40. The van der Waals surface area contributed by atoms with Gasteiger partial charge in [-0.2, -0.15) is 5.10 Å². The summed E-state index contributed by atoms with van der Waals surface area (Å²) in [4.78, 5) is 22.8. The van der Waals surface area contributed by atoms with Gasteiger partial charge in [0, 0.05) is 26.3 Å². The number of carbonyl (C=O) groups excluding carboxylic acids is 2. The molecule has 0 aliphatic rings. The molecule has 1 heterocycles. The lowest BCUT2D eigenvalue weighted by Crippen LogP contribution is -2.38. The van der Waals surface area contributed by atoms with Gasteiger partial charge in [0.2, 0.25) is 0 Å². The van der Waals surface area contributed by atoms with Crippen molar-refractivity contribution in [1.29, 1.82) is 0 Å². The molecule has 94 valence electrons. The second-order valence-electron chi connectivity index (χ2n) is 3.52. The van der Waals surface area contributed by atoms with Gasteiger partial charge in [-0.3, -0.25) is 14.3 Å². The van der Waals surface area contributed by atoms with Crippen molar-refractivity contribution >= 4 is 17.5 Å². The standard InChI is InChI=1S/C10H17N5O2/c1-3-7-8(6-15(2)14-7)13-10(17)9(16)12-5-4-11/h6H,3-5,11H2,1-2H3,(H,12,16)(H,13,17). The number of amides is 2. The maximum atomic E-state index is 11.5. The Labute approximate surface area is 99.4 Å². The summed E-state index contributed by atoms with van der Waals surface area (Å²) in [6.45, 7) is 2.50. The number of anilines is 1. The minimum atomic E-state index is -0.707. The first-order valence-corrected chi connectivity index (χ1v) is 5.40. The molecule has 0 atom stereocenters. The third-order valence-electron chi connectivity index (χ3n) is 2.12. The molecule has 2 amide bonds. The molecule has 1 aromatic rings. The molecule has 0 radical (unpaired) electrons. The van der Waals surface area contributed by atoms with Crippen LogP contribution in [0.25, 0.3) is 0 Å². The van der Waals surface area contributed by atoms with E-state index in [1.807, 2.05) is 6.92 Å². The highest BCUT2D eigenvalue weighted by Gasteiger charge is 2.15. The Morgan fingerprint density at radius 1 is 1.47 bits per heavy atom. The van der Waals surface area contributed by atoms with Crippen molar-refractivity contribution in [2.75, 3.05) is 18.4 Å². The third-order valence-corrected chi connectivity index (χ3v) is 2.12. The Morgan fingerprint density at radius 3 is 2.76 bits per heavy atom. The number of aryl methyl sites for hydroxylation is 2. The van der Waals surface area contributed by atoms with Gasteiger partial charge in [-0.1, -0.05) is 6.92 Å². The van der Waals surface area contributed by atoms with Crippen LogP contribution in [0.4, 0.5) is 5.69 Å². The van der Waals surface area contributed by atoms with Crippen LogP contribution >= 0.6 is 0 Å². The molecule has 1 aromatic heterocycles. The average molecular weight is 239 g/mol. The van der Waals surface area contributed by atoms with Crippen molar-refractivity contribution in [1.82, 2.24) is 15.1 Å². The van der Waals surface area contributed by atoms with Gasteiger partial charge in [0.15, 0.2) is 0 Å². The van der Waals surface area contributed by atoms with Gasteiger partial charge in [0.1, 0.15) is 0 Å². The lowest BCUT2D eigenvalue weighted by molar-refractivity contribution is -0.136. The van der Waals surface area contributed by atoms with Crippen LogP contribution in [-0.2, 0) is 23.1 Å². The van der Waals surface area contributed by atoms with Crippen molar-refractivity contribution in [3.05, 3.63) is 11.9 Å². The fraction of sp³-hybridized carbons (Fsp3) is 0.500. The second kappa shape index (κ2) is 6.00. The molecule has 0 aliphatic carbocycles. The number of aromatic nitrogens is 2. The second-order valence-corrected chi connectivity index (χ2v) is 3.52. The highest BCUT2D eigenvalue weighted by Crippen LogP contribution is 2.13. The van der Waals surface area contributed by atoms with Gasteiger partial charge in [0.25, 0.3) is 0 Å². The Morgan fingerprint density at radius 2 is 2.18 bits per heavy atom. The summed E-state index contributed by atoms with van der Waals surface area (Å²) < 4.78 is 1.59. The molecular formula is C10H17N5O2.